The van der Waals surface area contributed by atoms with Crippen LogP contribution in [0.5, 0.6) is 23.0 Å². The lowest BCUT2D eigenvalue weighted by Crippen LogP contribution is -2.38. The molecule has 0 atom stereocenters. The van der Waals surface area contributed by atoms with E-state index in [9.17, 15) is 14.0 Å². The van der Waals surface area contributed by atoms with Gasteiger partial charge in [0.2, 0.25) is 5.75 Å². The van der Waals surface area contributed by atoms with Gasteiger partial charge in [0.1, 0.15) is 11.6 Å². The minimum Gasteiger partial charge on any atom is -0.493 e. The summed E-state index contributed by atoms with van der Waals surface area (Å²) in [7, 11) is 4.40. The van der Waals surface area contributed by atoms with Crippen molar-refractivity contribution in [2.45, 2.75) is 6.54 Å². The average Bonchev–Trinajstić information content (AvgIpc) is 2.85. The van der Waals surface area contributed by atoms with Crippen LogP contribution in [0.4, 0.5) is 15.8 Å². The number of amides is 2. The molecular weight excluding hydrogens is 443 g/mol. The molecule has 0 saturated heterocycles. The molecule has 3 aromatic rings. The van der Waals surface area contributed by atoms with E-state index in [2.05, 4.69) is 5.32 Å². The maximum Gasteiger partial charge on any atom is 0.265 e. The highest BCUT2D eigenvalue weighted by molar-refractivity contribution is 6.06. The highest BCUT2D eigenvalue weighted by Gasteiger charge is 2.27. The number of hydrogen-bond donors (Lipinski definition) is 1. The van der Waals surface area contributed by atoms with Crippen LogP contribution in [-0.2, 0) is 11.3 Å². The number of fused-ring (bicyclic) bond motifs is 1. The summed E-state index contributed by atoms with van der Waals surface area (Å²) in [4.78, 5) is 27.0. The minimum absolute atomic E-state index is 0.0339. The number of carbonyl (C=O) groups is 2. The number of rotatable bonds is 7. The predicted octanol–water partition coefficient (Wildman–Crippen LogP) is 4.03. The Bertz CT molecular complexity index is 1220. The Balaban J connectivity index is 1.63. The van der Waals surface area contributed by atoms with Gasteiger partial charge in [-0.05, 0) is 36.4 Å². The van der Waals surface area contributed by atoms with Gasteiger partial charge >= 0.3 is 0 Å². The van der Waals surface area contributed by atoms with Gasteiger partial charge in [0.15, 0.2) is 18.1 Å². The van der Waals surface area contributed by atoms with Gasteiger partial charge in [-0.3, -0.25) is 9.59 Å². The van der Waals surface area contributed by atoms with Gasteiger partial charge in [-0.15, -0.1) is 0 Å². The van der Waals surface area contributed by atoms with Crippen molar-refractivity contribution in [3.8, 4) is 23.0 Å². The molecule has 1 heterocycles. The monoisotopic (exact) mass is 466 g/mol. The first kappa shape index (κ1) is 22.9. The van der Waals surface area contributed by atoms with Crippen LogP contribution in [0.15, 0.2) is 54.6 Å². The first-order valence-electron chi connectivity index (χ1n) is 10.4. The summed E-state index contributed by atoms with van der Waals surface area (Å²) in [5.41, 5.74) is 1.51. The molecule has 8 nitrogen and oxygen atoms in total. The molecule has 34 heavy (non-hydrogen) atoms. The van der Waals surface area contributed by atoms with Crippen molar-refractivity contribution in [1.29, 1.82) is 0 Å². The zero-order chi connectivity index (χ0) is 24.2. The normalized spacial score (nSPS) is 12.5. The summed E-state index contributed by atoms with van der Waals surface area (Å²) >= 11 is 0. The van der Waals surface area contributed by atoms with E-state index in [4.69, 9.17) is 18.9 Å². The Kier molecular flexibility index (Phi) is 6.53. The summed E-state index contributed by atoms with van der Waals surface area (Å²) in [5, 5.41) is 2.80. The Labute approximate surface area is 195 Å². The third-order valence-electron chi connectivity index (χ3n) is 5.37. The molecule has 0 bridgehead atoms. The minimum atomic E-state index is -0.428. The number of hydrogen-bond acceptors (Lipinski definition) is 6. The highest BCUT2D eigenvalue weighted by atomic mass is 19.1. The van der Waals surface area contributed by atoms with Crippen LogP contribution in [0.25, 0.3) is 0 Å². The van der Waals surface area contributed by atoms with E-state index in [1.807, 2.05) is 0 Å². The van der Waals surface area contributed by atoms with Crippen LogP contribution < -0.4 is 29.2 Å². The molecule has 3 aromatic carbocycles. The van der Waals surface area contributed by atoms with Crippen LogP contribution in [-0.4, -0.2) is 39.8 Å². The van der Waals surface area contributed by atoms with Crippen molar-refractivity contribution in [2.24, 2.45) is 0 Å². The number of anilines is 2. The average molecular weight is 466 g/mol. The van der Waals surface area contributed by atoms with E-state index in [1.54, 1.807) is 36.4 Å². The second-order valence-corrected chi connectivity index (χ2v) is 7.41. The fraction of sp³-hybridized carbons (Fsp3) is 0.200. The number of halogens is 1. The third kappa shape index (κ3) is 4.45. The number of ether oxygens (including phenoxy) is 4. The molecule has 9 heteroatoms. The molecule has 1 aliphatic heterocycles. The number of benzene rings is 3. The lowest BCUT2D eigenvalue weighted by atomic mass is 10.1. The standard InChI is InChI=1S/C25H23FN2O6/c1-31-21-10-16(11-22(32-2)24(21)33-3)25(30)27-17-8-9-20-19(12-17)28(23(29)14-34-20)13-15-6-4-5-7-18(15)26/h4-12H,13-14H2,1-3H3,(H,27,30). The SMILES string of the molecule is COc1cc(C(=O)Nc2ccc3c(c2)N(Cc2ccccc2F)C(=O)CO3)cc(OC)c1OC. The second-order valence-electron chi connectivity index (χ2n) is 7.41. The maximum atomic E-state index is 14.2. The molecule has 0 aliphatic carbocycles. The van der Waals surface area contributed by atoms with Crippen molar-refractivity contribution >= 4 is 23.2 Å². The number of nitrogens with one attached hydrogen (secondary N) is 1. The van der Waals surface area contributed by atoms with E-state index in [0.717, 1.165) is 0 Å². The van der Waals surface area contributed by atoms with Gasteiger partial charge in [0, 0.05) is 16.8 Å². The fourth-order valence-electron chi connectivity index (χ4n) is 3.67. The summed E-state index contributed by atoms with van der Waals surface area (Å²) in [6, 6.07) is 14.3. The molecule has 1 N–H and O–H groups in total. The van der Waals surface area contributed by atoms with Gasteiger partial charge < -0.3 is 29.2 Å². The molecule has 4 rings (SSSR count). The lowest BCUT2D eigenvalue weighted by Gasteiger charge is -2.30. The first-order valence-corrected chi connectivity index (χ1v) is 10.4. The molecule has 0 spiro atoms. The van der Waals surface area contributed by atoms with Crippen molar-refractivity contribution < 1.29 is 32.9 Å². The van der Waals surface area contributed by atoms with Gasteiger partial charge in [-0.2, -0.15) is 0 Å². The van der Waals surface area contributed by atoms with Gasteiger partial charge in [-0.1, -0.05) is 18.2 Å². The van der Waals surface area contributed by atoms with E-state index in [0.29, 0.717) is 39.9 Å². The number of carbonyl (C=O) groups excluding carboxylic acids is 2. The van der Waals surface area contributed by atoms with Gasteiger partial charge in [0.05, 0.1) is 33.6 Å². The molecule has 0 fully saturated rings. The maximum absolute atomic E-state index is 14.2. The van der Waals surface area contributed by atoms with Crippen molar-refractivity contribution in [1.82, 2.24) is 0 Å². The zero-order valence-electron chi connectivity index (χ0n) is 18.9. The predicted molar refractivity (Wildman–Crippen MR) is 124 cm³/mol. The molecule has 0 radical (unpaired) electrons. The Morgan fingerprint density at radius 1 is 1.03 bits per heavy atom. The molecule has 176 valence electrons. The van der Waals surface area contributed by atoms with E-state index in [-0.39, 0.29) is 24.6 Å². The van der Waals surface area contributed by atoms with E-state index in [1.165, 1.54) is 44.4 Å². The zero-order valence-corrected chi connectivity index (χ0v) is 18.9. The van der Waals surface area contributed by atoms with E-state index >= 15 is 0 Å². The number of methoxy groups -OCH3 is 3. The third-order valence-corrected chi connectivity index (χ3v) is 5.37. The summed E-state index contributed by atoms with van der Waals surface area (Å²) in [6.45, 7) is -0.120. The number of nitrogens with zero attached hydrogens (tertiary/aromatic N) is 1. The van der Waals surface area contributed by atoms with Crippen LogP contribution in [0, 0.1) is 5.82 Å². The molecule has 0 aromatic heterocycles. The Morgan fingerprint density at radius 3 is 2.38 bits per heavy atom. The topological polar surface area (TPSA) is 86.3 Å². The summed E-state index contributed by atoms with van der Waals surface area (Å²) < 4.78 is 35.6. The fourth-order valence-corrected chi connectivity index (χ4v) is 3.67. The Hall–Kier alpha value is -4.27. The quantitative estimate of drug-likeness (QED) is 0.566. The smallest absolute Gasteiger partial charge is 0.265 e. The van der Waals surface area contributed by atoms with Crippen LogP contribution in [0.1, 0.15) is 15.9 Å². The molecular formula is C25H23FN2O6. The van der Waals surface area contributed by atoms with Crippen molar-refractivity contribution in [3.05, 3.63) is 71.5 Å². The van der Waals surface area contributed by atoms with Gasteiger partial charge in [0.25, 0.3) is 11.8 Å². The first-order chi connectivity index (χ1) is 16.4. The van der Waals surface area contributed by atoms with Crippen molar-refractivity contribution in [2.75, 3.05) is 38.2 Å². The lowest BCUT2D eigenvalue weighted by molar-refractivity contribution is -0.121. The second kappa shape index (κ2) is 9.70. The largest absolute Gasteiger partial charge is 0.493 e. The molecule has 0 unspecified atom stereocenters. The molecule has 2 amide bonds. The van der Waals surface area contributed by atoms with Crippen LogP contribution >= 0.6 is 0 Å². The van der Waals surface area contributed by atoms with Crippen LogP contribution in [0.3, 0.4) is 0 Å². The molecule has 1 aliphatic rings. The van der Waals surface area contributed by atoms with Crippen LogP contribution in [0.2, 0.25) is 0 Å². The highest BCUT2D eigenvalue weighted by Crippen LogP contribution is 2.39. The molecule has 0 saturated carbocycles. The summed E-state index contributed by atoms with van der Waals surface area (Å²) in [6.07, 6.45) is 0. The summed E-state index contributed by atoms with van der Waals surface area (Å²) in [5.74, 6) is 0.360. The van der Waals surface area contributed by atoms with Gasteiger partial charge in [-0.25, -0.2) is 4.39 Å². The van der Waals surface area contributed by atoms with E-state index < -0.39 is 11.7 Å². The van der Waals surface area contributed by atoms with Crippen molar-refractivity contribution in [3.63, 3.8) is 0 Å². The Morgan fingerprint density at radius 2 is 1.74 bits per heavy atom.